The van der Waals surface area contributed by atoms with Gasteiger partial charge in [0.2, 0.25) is 15.9 Å². The molecule has 0 saturated heterocycles. The first-order valence-electron chi connectivity index (χ1n) is 11.7. The van der Waals surface area contributed by atoms with E-state index in [0.717, 1.165) is 10.5 Å². The number of thiophene rings is 1. The molecule has 9 nitrogen and oxygen atoms in total. The summed E-state index contributed by atoms with van der Waals surface area (Å²) in [5, 5.41) is 17.0. The van der Waals surface area contributed by atoms with Gasteiger partial charge in [-0.15, -0.1) is 11.8 Å². The molecular weight excluding hydrogens is 569 g/mol. The Labute approximate surface area is 239 Å². The molecule has 5 N–H and O–H groups in total. The van der Waals surface area contributed by atoms with Gasteiger partial charge in [-0.1, -0.05) is 24.3 Å². The second-order valence-corrected chi connectivity index (χ2v) is 11.7. The number of rotatable bonds is 10. The predicted octanol–water partition coefficient (Wildman–Crippen LogP) is 4.54. The topological polar surface area (TPSA) is 147 Å². The summed E-state index contributed by atoms with van der Waals surface area (Å²) in [7, 11) is -3.82. The molecule has 4 rings (SSSR count). The number of nitrogens with one attached hydrogen (secondary N) is 3. The highest BCUT2D eigenvalue weighted by Crippen LogP contribution is 2.23. The van der Waals surface area contributed by atoms with Crippen molar-refractivity contribution in [3.63, 3.8) is 0 Å². The van der Waals surface area contributed by atoms with Gasteiger partial charge in [-0.2, -0.15) is 11.3 Å². The molecule has 204 valence electrons. The van der Waals surface area contributed by atoms with Crippen LogP contribution in [0, 0.1) is 0 Å². The van der Waals surface area contributed by atoms with E-state index in [0.29, 0.717) is 16.9 Å². The number of hydrogen-bond acceptors (Lipinski definition) is 7. The van der Waals surface area contributed by atoms with Crippen LogP contribution in [0.5, 0.6) is 0 Å². The van der Waals surface area contributed by atoms with Crippen molar-refractivity contribution in [2.75, 3.05) is 16.4 Å². The Kier molecular flexibility index (Phi) is 9.51. The van der Waals surface area contributed by atoms with E-state index in [9.17, 15) is 22.8 Å². The van der Waals surface area contributed by atoms with Crippen molar-refractivity contribution >= 4 is 68.3 Å². The first-order chi connectivity index (χ1) is 19.2. The highest BCUT2D eigenvalue weighted by Gasteiger charge is 2.16. The average Bonchev–Trinajstić information content (AvgIpc) is 3.45. The number of benzene rings is 3. The van der Waals surface area contributed by atoms with Crippen LogP contribution in [0.25, 0.3) is 6.08 Å². The number of nitrogens with two attached hydrogens (primary N) is 1. The van der Waals surface area contributed by atoms with Gasteiger partial charge >= 0.3 is 0 Å². The third-order valence-electron chi connectivity index (χ3n) is 5.31. The maximum atomic E-state index is 13.2. The molecule has 12 heteroatoms. The summed E-state index contributed by atoms with van der Waals surface area (Å²) in [6.07, 6.45) is 1.60. The maximum absolute atomic E-state index is 13.2. The largest absolute Gasteiger partial charge is 0.325 e. The Bertz CT molecular complexity index is 1640. The quantitative estimate of drug-likeness (QED) is 0.157. The van der Waals surface area contributed by atoms with Crippen LogP contribution >= 0.6 is 23.1 Å². The molecule has 0 bridgehead atoms. The molecule has 0 spiro atoms. The third kappa shape index (κ3) is 8.38. The number of primary sulfonamides is 1. The van der Waals surface area contributed by atoms with Gasteiger partial charge in [0.1, 0.15) is 5.70 Å². The fraction of sp³-hybridized carbons (Fsp3) is 0.0357. The van der Waals surface area contributed by atoms with E-state index >= 15 is 0 Å². The maximum Gasteiger partial charge on any atom is 0.272 e. The predicted molar refractivity (Wildman–Crippen MR) is 158 cm³/mol. The second kappa shape index (κ2) is 13.2. The van der Waals surface area contributed by atoms with Crippen LogP contribution in [-0.4, -0.2) is 31.9 Å². The lowest BCUT2D eigenvalue weighted by atomic mass is 10.2. The van der Waals surface area contributed by atoms with Gasteiger partial charge in [-0.3, -0.25) is 14.4 Å². The van der Waals surface area contributed by atoms with Crippen LogP contribution in [0.2, 0.25) is 0 Å². The van der Waals surface area contributed by atoms with E-state index in [2.05, 4.69) is 16.0 Å². The number of hydrogen-bond donors (Lipinski definition) is 4. The fourth-order valence-corrected chi connectivity index (χ4v) is 5.29. The molecule has 3 aromatic carbocycles. The zero-order valence-electron chi connectivity index (χ0n) is 20.9. The lowest BCUT2D eigenvalue weighted by Gasteiger charge is -2.12. The smallest absolute Gasteiger partial charge is 0.272 e. The first-order valence-corrected chi connectivity index (χ1v) is 15.2. The zero-order valence-corrected chi connectivity index (χ0v) is 23.3. The summed E-state index contributed by atoms with van der Waals surface area (Å²) in [5.41, 5.74) is 2.19. The monoisotopic (exact) mass is 592 g/mol. The molecule has 0 radical (unpaired) electrons. The van der Waals surface area contributed by atoms with E-state index < -0.39 is 21.8 Å². The molecule has 40 heavy (non-hydrogen) atoms. The molecule has 1 heterocycles. The van der Waals surface area contributed by atoms with E-state index in [1.165, 1.54) is 47.4 Å². The number of carbonyl (C=O) groups excluding carboxylic acids is 3. The van der Waals surface area contributed by atoms with Crippen LogP contribution < -0.4 is 21.1 Å². The van der Waals surface area contributed by atoms with Crippen molar-refractivity contribution < 1.29 is 22.8 Å². The van der Waals surface area contributed by atoms with Crippen molar-refractivity contribution in [3.05, 3.63) is 113 Å². The summed E-state index contributed by atoms with van der Waals surface area (Å²) >= 11 is 2.72. The normalized spacial score (nSPS) is 11.5. The van der Waals surface area contributed by atoms with Gasteiger partial charge in [-0.25, -0.2) is 13.6 Å². The number of carbonyl (C=O) groups is 3. The zero-order chi connectivity index (χ0) is 28.5. The minimum Gasteiger partial charge on any atom is -0.325 e. The Morgan fingerprint density at radius 1 is 0.875 bits per heavy atom. The Morgan fingerprint density at radius 2 is 1.62 bits per heavy atom. The van der Waals surface area contributed by atoms with Crippen LogP contribution in [0.3, 0.4) is 0 Å². The number of thioether (sulfide) groups is 1. The van der Waals surface area contributed by atoms with Crippen LogP contribution in [0.15, 0.2) is 111 Å². The Hall–Kier alpha value is -4.23. The molecule has 3 amide bonds. The second-order valence-electron chi connectivity index (χ2n) is 8.32. The van der Waals surface area contributed by atoms with Crippen LogP contribution in [-0.2, 0) is 19.6 Å². The van der Waals surface area contributed by atoms with E-state index in [-0.39, 0.29) is 22.3 Å². The summed E-state index contributed by atoms with van der Waals surface area (Å²) in [4.78, 5) is 39.0. The average molecular weight is 593 g/mol. The lowest BCUT2D eigenvalue weighted by molar-refractivity contribution is -0.114. The molecule has 0 saturated carbocycles. The SMILES string of the molecule is NS(=O)(=O)c1ccc(NC(=O)CSc2cccc(NC(=O)/C(=C/c3ccsc3)NC(=O)c3ccccc3)c2)cc1. The molecular formula is C28H24N4O5S3. The summed E-state index contributed by atoms with van der Waals surface area (Å²) < 4.78 is 22.7. The molecule has 4 aromatic rings. The fourth-order valence-electron chi connectivity index (χ4n) is 3.40. The highest BCUT2D eigenvalue weighted by molar-refractivity contribution is 8.00. The van der Waals surface area contributed by atoms with E-state index in [1.54, 1.807) is 60.7 Å². The standard InChI is InChI=1S/C28H24N4O5S3/c29-40(36,37)24-11-9-21(10-12-24)30-26(33)18-39-23-8-4-7-22(16-23)31-28(35)25(15-19-13-14-38-17-19)32-27(34)20-5-2-1-3-6-20/h1-17H,18H2,(H,30,33)(H,31,35)(H,32,34)(H2,29,36,37)/b25-15-. The van der Waals surface area contributed by atoms with Gasteiger partial charge < -0.3 is 16.0 Å². The first kappa shape index (κ1) is 28.8. The Morgan fingerprint density at radius 3 is 2.30 bits per heavy atom. The number of amides is 3. The molecule has 0 unspecified atom stereocenters. The van der Waals surface area contributed by atoms with Gasteiger partial charge in [0.25, 0.3) is 11.8 Å². The molecule has 0 aliphatic rings. The van der Waals surface area contributed by atoms with Crippen LogP contribution in [0.1, 0.15) is 15.9 Å². The number of sulfonamides is 1. The van der Waals surface area contributed by atoms with E-state index in [4.69, 9.17) is 5.14 Å². The molecule has 0 aliphatic heterocycles. The highest BCUT2D eigenvalue weighted by atomic mass is 32.2. The summed E-state index contributed by atoms with van der Waals surface area (Å²) in [6.45, 7) is 0. The third-order valence-corrected chi connectivity index (χ3v) is 7.94. The molecule has 0 atom stereocenters. The van der Waals surface area contributed by atoms with E-state index in [1.807, 2.05) is 16.8 Å². The van der Waals surface area contributed by atoms with Crippen LogP contribution in [0.4, 0.5) is 11.4 Å². The minimum absolute atomic E-state index is 0.0494. The van der Waals surface area contributed by atoms with Gasteiger partial charge in [0.05, 0.1) is 10.6 Å². The van der Waals surface area contributed by atoms with Crippen molar-refractivity contribution in [3.8, 4) is 0 Å². The van der Waals surface area contributed by atoms with Crippen molar-refractivity contribution in [2.24, 2.45) is 5.14 Å². The Balaban J connectivity index is 1.39. The molecule has 1 aromatic heterocycles. The minimum atomic E-state index is -3.82. The van der Waals surface area contributed by atoms with Crippen molar-refractivity contribution in [2.45, 2.75) is 9.79 Å². The molecule has 0 fully saturated rings. The lowest BCUT2D eigenvalue weighted by Crippen LogP contribution is -2.30. The molecule has 0 aliphatic carbocycles. The van der Waals surface area contributed by atoms with Gasteiger partial charge in [0, 0.05) is 21.8 Å². The van der Waals surface area contributed by atoms with Gasteiger partial charge in [-0.05, 0) is 83.1 Å². The summed E-state index contributed by atoms with van der Waals surface area (Å²) in [6, 6.07) is 22.9. The summed E-state index contributed by atoms with van der Waals surface area (Å²) in [5.74, 6) is -1.14. The number of anilines is 2. The van der Waals surface area contributed by atoms with Gasteiger partial charge in [0.15, 0.2) is 0 Å². The van der Waals surface area contributed by atoms with Crippen molar-refractivity contribution in [1.82, 2.24) is 5.32 Å². The van der Waals surface area contributed by atoms with Crippen molar-refractivity contribution in [1.29, 1.82) is 0 Å².